The SMILES string of the molecule is Cc1ccccc1-n1nc(C)c(-c2ccccc2)c1NC(=O)CN(CC(C)C)C(=O)Nc1cccc(C(F)(F)F)c1. The van der Waals surface area contributed by atoms with Gasteiger partial charge in [0.15, 0.2) is 0 Å². The van der Waals surface area contributed by atoms with Gasteiger partial charge in [-0.1, -0.05) is 68.4 Å². The molecule has 10 heteroatoms. The maximum atomic E-state index is 13.5. The largest absolute Gasteiger partial charge is 0.416 e. The van der Waals surface area contributed by atoms with E-state index in [1.807, 2.05) is 82.3 Å². The first-order chi connectivity index (χ1) is 19.4. The quantitative estimate of drug-likeness (QED) is 0.236. The first-order valence-corrected chi connectivity index (χ1v) is 13.2. The van der Waals surface area contributed by atoms with Crippen LogP contribution in [-0.2, 0) is 11.0 Å². The number of nitrogens with zero attached hydrogens (tertiary/aromatic N) is 3. The van der Waals surface area contributed by atoms with E-state index in [0.29, 0.717) is 11.5 Å². The topological polar surface area (TPSA) is 79.3 Å². The van der Waals surface area contributed by atoms with Gasteiger partial charge in [-0.2, -0.15) is 18.3 Å². The van der Waals surface area contributed by atoms with Crippen molar-refractivity contribution in [1.29, 1.82) is 0 Å². The number of aryl methyl sites for hydroxylation is 2. The maximum absolute atomic E-state index is 13.5. The molecule has 3 amide bonds. The number of alkyl halides is 3. The summed E-state index contributed by atoms with van der Waals surface area (Å²) in [6, 6.07) is 20.9. The summed E-state index contributed by atoms with van der Waals surface area (Å²) in [6.45, 7) is 7.46. The van der Waals surface area contributed by atoms with Crippen molar-refractivity contribution in [2.75, 3.05) is 23.7 Å². The summed E-state index contributed by atoms with van der Waals surface area (Å²) in [7, 11) is 0. The van der Waals surface area contributed by atoms with Crippen LogP contribution in [0.1, 0.15) is 30.7 Å². The zero-order valence-corrected chi connectivity index (χ0v) is 23.3. The molecule has 0 spiro atoms. The molecule has 0 fully saturated rings. The third kappa shape index (κ3) is 7.13. The van der Waals surface area contributed by atoms with E-state index in [2.05, 4.69) is 10.6 Å². The summed E-state index contributed by atoms with van der Waals surface area (Å²) in [5, 5.41) is 10.2. The Hall–Kier alpha value is -4.60. The zero-order valence-electron chi connectivity index (χ0n) is 23.3. The molecule has 0 atom stereocenters. The molecule has 3 aromatic carbocycles. The lowest BCUT2D eigenvalue weighted by Gasteiger charge is -2.25. The van der Waals surface area contributed by atoms with E-state index in [-0.39, 0.29) is 24.7 Å². The van der Waals surface area contributed by atoms with Gasteiger partial charge >= 0.3 is 12.2 Å². The Morgan fingerprint density at radius 1 is 0.927 bits per heavy atom. The van der Waals surface area contributed by atoms with Crippen LogP contribution in [0.5, 0.6) is 0 Å². The van der Waals surface area contributed by atoms with E-state index < -0.39 is 23.7 Å². The van der Waals surface area contributed by atoms with Gasteiger partial charge in [-0.3, -0.25) is 4.79 Å². The number of carbonyl (C=O) groups excluding carboxylic acids is 2. The molecule has 0 saturated heterocycles. The molecule has 4 rings (SSSR count). The molecule has 2 N–H and O–H groups in total. The molecule has 0 bridgehead atoms. The fourth-order valence-corrected chi connectivity index (χ4v) is 4.55. The van der Waals surface area contributed by atoms with Crippen LogP contribution in [0.2, 0.25) is 0 Å². The Bertz CT molecular complexity index is 1530. The number of nitrogens with one attached hydrogen (secondary N) is 2. The lowest BCUT2D eigenvalue weighted by atomic mass is 10.1. The van der Waals surface area contributed by atoms with Gasteiger partial charge in [-0.05, 0) is 55.2 Å². The van der Waals surface area contributed by atoms with E-state index in [1.54, 1.807) is 4.68 Å². The first-order valence-electron chi connectivity index (χ1n) is 13.2. The number of aromatic nitrogens is 2. The van der Waals surface area contributed by atoms with Crippen LogP contribution in [-0.4, -0.2) is 39.7 Å². The van der Waals surface area contributed by atoms with Crippen molar-refractivity contribution in [1.82, 2.24) is 14.7 Å². The zero-order chi connectivity index (χ0) is 29.7. The van der Waals surface area contributed by atoms with E-state index in [9.17, 15) is 22.8 Å². The van der Waals surface area contributed by atoms with Gasteiger partial charge in [0.2, 0.25) is 5.91 Å². The summed E-state index contributed by atoms with van der Waals surface area (Å²) >= 11 is 0. The number of halogens is 3. The van der Waals surface area contributed by atoms with Crippen molar-refractivity contribution in [3.63, 3.8) is 0 Å². The number of carbonyl (C=O) groups is 2. The van der Waals surface area contributed by atoms with E-state index in [1.165, 1.54) is 17.0 Å². The summed E-state index contributed by atoms with van der Waals surface area (Å²) in [4.78, 5) is 27.9. The van der Waals surface area contributed by atoms with Crippen LogP contribution in [0, 0.1) is 19.8 Å². The summed E-state index contributed by atoms with van der Waals surface area (Å²) in [5.74, 6) is -0.0257. The Morgan fingerprint density at radius 2 is 1.61 bits per heavy atom. The van der Waals surface area contributed by atoms with E-state index >= 15 is 0 Å². The molecule has 1 aromatic heterocycles. The lowest BCUT2D eigenvalue weighted by molar-refractivity contribution is -0.137. The first kappa shape index (κ1) is 29.4. The van der Waals surface area contributed by atoms with Crippen LogP contribution in [0.3, 0.4) is 0 Å². The number of hydrogen-bond donors (Lipinski definition) is 2. The van der Waals surface area contributed by atoms with Crippen molar-refractivity contribution in [2.45, 2.75) is 33.9 Å². The number of benzene rings is 3. The second-order valence-corrected chi connectivity index (χ2v) is 10.2. The molecular weight excluding hydrogens is 531 g/mol. The van der Waals surface area contributed by atoms with Crippen LogP contribution in [0.25, 0.3) is 16.8 Å². The smallest absolute Gasteiger partial charge is 0.315 e. The van der Waals surface area contributed by atoms with Gasteiger partial charge in [0.05, 0.1) is 16.9 Å². The Balaban J connectivity index is 1.63. The van der Waals surface area contributed by atoms with Gasteiger partial charge in [-0.15, -0.1) is 0 Å². The Labute approximate surface area is 237 Å². The number of rotatable bonds is 8. The van der Waals surface area contributed by atoms with Gasteiger partial charge in [0.25, 0.3) is 0 Å². The highest BCUT2D eigenvalue weighted by atomic mass is 19.4. The summed E-state index contributed by atoms with van der Waals surface area (Å²) < 4.78 is 41.2. The number of anilines is 2. The molecule has 0 aliphatic heterocycles. The Kier molecular flexibility index (Phi) is 8.80. The third-order valence-electron chi connectivity index (χ3n) is 6.37. The average molecular weight is 564 g/mol. The fourth-order valence-electron chi connectivity index (χ4n) is 4.55. The average Bonchev–Trinajstić information content (AvgIpc) is 3.23. The minimum Gasteiger partial charge on any atom is -0.315 e. The highest BCUT2D eigenvalue weighted by Crippen LogP contribution is 2.34. The fraction of sp³-hybridized carbons (Fsp3) is 0.258. The molecule has 0 aliphatic carbocycles. The van der Waals surface area contributed by atoms with Crippen LogP contribution in [0.4, 0.5) is 29.5 Å². The van der Waals surface area contributed by atoms with Gasteiger partial charge < -0.3 is 15.5 Å². The highest BCUT2D eigenvalue weighted by molar-refractivity contribution is 5.99. The monoisotopic (exact) mass is 563 g/mol. The molecule has 0 radical (unpaired) electrons. The molecule has 7 nitrogen and oxygen atoms in total. The van der Waals surface area contributed by atoms with Gasteiger partial charge in [0, 0.05) is 17.8 Å². The molecule has 0 saturated carbocycles. The van der Waals surface area contributed by atoms with Crippen molar-refractivity contribution >= 4 is 23.4 Å². The maximum Gasteiger partial charge on any atom is 0.416 e. The second-order valence-electron chi connectivity index (χ2n) is 10.2. The number of amides is 3. The van der Waals surface area contributed by atoms with Crippen LogP contribution < -0.4 is 10.6 Å². The van der Waals surface area contributed by atoms with Gasteiger partial charge in [0.1, 0.15) is 12.4 Å². The second kappa shape index (κ2) is 12.3. The predicted molar refractivity (Wildman–Crippen MR) is 154 cm³/mol. The van der Waals surface area contributed by atoms with Crippen molar-refractivity contribution in [3.05, 3.63) is 95.7 Å². The van der Waals surface area contributed by atoms with Crippen LogP contribution in [0.15, 0.2) is 78.9 Å². The molecule has 214 valence electrons. The van der Waals surface area contributed by atoms with Crippen LogP contribution >= 0.6 is 0 Å². The molecule has 1 heterocycles. The molecule has 41 heavy (non-hydrogen) atoms. The minimum absolute atomic E-state index is 0.00493. The number of urea groups is 1. The molecule has 0 unspecified atom stereocenters. The van der Waals surface area contributed by atoms with Crippen molar-refractivity contribution in [2.24, 2.45) is 5.92 Å². The molecule has 0 aliphatic rings. The predicted octanol–water partition coefficient (Wildman–Crippen LogP) is 7.30. The summed E-state index contributed by atoms with van der Waals surface area (Å²) in [6.07, 6.45) is -4.55. The van der Waals surface area contributed by atoms with E-state index in [0.717, 1.165) is 34.5 Å². The molecule has 4 aromatic rings. The number of para-hydroxylation sites is 1. The van der Waals surface area contributed by atoms with Gasteiger partial charge in [-0.25, -0.2) is 9.48 Å². The third-order valence-corrected chi connectivity index (χ3v) is 6.37. The molecular formula is C31H32F3N5O2. The normalized spacial score (nSPS) is 11.4. The highest BCUT2D eigenvalue weighted by Gasteiger charge is 2.31. The minimum atomic E-state index is -4.55. The van der Waals surface area contributed by atoms with Crippen molar-refractivity contribution in [3.8, 4) is 16.8 Å². The standard InChI is InChI=1S/C31H32F3N5O2/c1-20(2)18-38(30(41)35-25-15-10-14-24(17-25)31(32,33)34)19-27(40)36-29-28(23-12-6-5-7-13-23)22(4)37-39(29)26-16-9-8-11-21(26)3/h5-17,20H,18-19H2,1-4H3,(H,35,41)(H,36,40). The van der Waals surface area contributed by atoms with E-state index in [4.69, 9.17) is 5.10 Å². The lowest BCUT2D eigenvalue weighted by Crippen LogP contribution is -2.42. The summed E-state index contributed by atoms with van der Waals surface area (Å²) in [5.41, 5.74) is 3.15. The number of hydrogen-bond acceptors (Lipinski definition) is 3. The van der Waals surface area contributed by atoms with Crippen molar-refractivity contribution < 1.29 is 22.8 Å². The Morgan fingerprint density at radius 3 is 2.27 bits per heavy atom.